The van der Waals surface area contributed by atoms with Gasteiger partial charge in [-0.1, -0.05) is 11.3 Å². The molecule has 0 saturated heterocycles. The van der Waals surface area contributed by atoms with Crippen LogP contribution < -0.4 is 0 Å². The molecule has 64 valence electrons. The Kier molecular flexibility index (Phi) is 3.99. The first-order valence-corrected chi connectivity index (χ1v) is 3.92. The first-order chi connectivity index (χ1) is 5.02. The van der Waals surface area contributed by atoms with Gasteiger partial charge in [-0.3, -0.25) is 9.41 Å². The molecule has 11 heavy (non-hydrogen) atoms. The largest absolute Gasteiger partial charge is 0.508 e. The van der Waals surface area contributed by atoms with Crippen molar-refractivity contribution in [3.05, 3.63) is 12.7 Å². The molecule has 0 saturated carbocycles. The molecule has 0 radical (unpaired) electrons. The van der Waals surface area contributed by atoms with Crippen LogP contribution in [0, 0.1) is 0 Å². The zero-order valence-corrected chi connectivity index (χ0v) is 6.61. The molecule has 0 amide bonds. The van der Waals surface area contributed by atoms with E-state index in [9.17, 15) is 9.36 Å². The minimum atomic E-state index is -4.23. The predicted octanol–water partition coefficient (Wildman–Crippen LogP) is 0.394. The van der Waals surface area contributed by atoms with Gasteiger partial charge in [-0.05, 0) is 0 Å². The smallest absolute Gasteiger partial charge is 0.300 e. The van der Waals surface area contributed by atoms with Gasteiger partial charge in [0, 0.05) is 13.2 Å². The molecule has 0 aliphatic rings. The SMILES string of the molecule is C=CC(=O)OOP(=O)(O)OC. The molecule has 0 bridgehead atoms. The Hall–Kier alpha value is -0.680. The minimum absolute atomic E-state index is 0.773. The summed E-state index contributed by atoms with van der Waals surface area (Å²) in [6.45, 7) is 3.02. The molecule has 1 N–H and O–H groups in total. The van der Waals surface area contributed by atoms with E-state index in [0.717, 1.165) is 13.2 Å². The monoisotopic (exact) mass is 182 g/mol. The van der Waals surface area contributed by atoms with Crippen molar-refractivity contribution < 1.29 is 28.3 Å². The van der Waals surface area contributed by atoms with E-state index in [0.29, 0.717) is 0 Å². The Bertz CT molecular complexity index is 199. The molecule has 1 unspecified atom stereocenters. The van der Waals surface area contributed by atoms with Gasteiger partial charge >= 0.3 is 13.8 Å². The van der Waals surface area contributed by atoms with Gasteiger partial charge in [0.15, 0.2) is 0 Å². The third-order valence-corrected chi connectivity index (χ3v) is 1.34. The highest BCUT2D eigenvalue weighted by molar-refractivity contribution is 7.47. The Morgan fingerprint density at radius 2 is 2.27 bits per heavy atom. The average molecular weight is 182 g/mol. The van der Waals surface area contributed by atoms with E-state index in [1.165, 1.54) is 0 Å². The van der Waals surface area contributed by atoms with Crippen LogP contribution in [0.4, 0.5) is 0 Å². The lowest BCUT2D eigenvalue weighted by atomic mass is 10.7. The number of carbonyl (C=O) groups excluding carboxylic acids is 1. The zero-order valence-electron chi connectivity index (χ0n) is 5.72. The fourth-order valence-electron chi connectivity index (χ4n) is 0.148. The van der Waals surface area contributed by atoms with Crippen molar-refractivity contribution in [3.8, 4) is 0 Å². The van der Waals surface area contributed by atoms with E-state index in [1.54, 1.807) is 0 Å². The summed E-state index contributed by atoms with van der Waals surface area (Å²) < 4.78 is 18.0. The average Bonchev–Trinajstić information content (AvgIpc) is 2.00. The molecular formula is C4H7O6P. The first kappa shape index (κ1) is 10.3. The number of phosphoric ester groups is 1. The standard InChI is InChI=1S/C4H7O6P/c1-3-4(5)9-10-11(6,7)8-2/h3H,1H2,2H3,(H,6,7). The van der Waals surface area contributed by atoms with Crippen LogP contribution in [0.15, 0.2) is 12.7 Å². The van der Waals surface area contributed by atoms with E-state index in [-0.39, 0.29) is 0 Å². The van der Waals surface area contributed by atoms with Crippen molar-refractivity contribution in [1.82, 2.24) is 0 Å². The van der Waals surface area contributed by atoms with Crippen LogP contribution >= 0.6 is 7.82 Å². The van der Waals surface area contributed by atoms with Crippen molar-refractivity contribution in [3.63, 3.8) is 0 Å². The molecule has 0 aromatic heterocycles. The Morgan fingerprint density at radius 1 is 1.73 bits per heavy atom. The summed E-state index contributed by atoms with van der Waals surface area (Å²) in [6.07, 6.45) is 0.773. The molecule has 0 rings (SSSR count). The van der Waals surface area contributed by atoms with Crippen LogP contribution in [-0.2, 0) is 23.4 Å². The van der Waals surface area contributed by atoms with Crippen LogP contribution in [0.5, 0.6) is 0 Å². The second-order valence-electron chi connectivity index (χ2n) is 1.33. The number of hydrogen-bond acceptors (Lipinski definition) is 5. The van der Waals surface area contributed by atoms with E-state index in [4.69, 9.17) is 4.89 Å². The minimum Gasteiger partial charge on any atom is -0.300 e. The lowest BCUT2D eigenvalue weighted by Crippen LogP contribution is -2.00. The summed E-state index contributed by atoms with van der Waals surface area (Å²) >= 11 is 0. The molecular weight excluding hydrogens is 175 g/mol. The van der Waals surface area contributed by atoms with Crippen molar-refractivity contribution >= 4 is 13.8 Å². The fourth-order valence-corrected chi connectivity index (χ4v) is 0.377. The normalized spacial score (nSPS) is 15.1. The predicted molar refractivity (Wildman–Crippen MR) is 34.2 cm³/mol. The lowest BCUT2D eigenvalue weighted by molar-refractivity contribution is -0.216. The molecule has 0 aromatic rings. The van der Waals surface area contributed by atoms with Crippen LogP contribution in [0.2, 0.25) is 0 Å². The summed E-state index contributed by atoms with van der Waals surface area (Å²) in [5.41, 5.74) is 0. The highest BCUT2D eigenvalue weighted by Crippen LogP contribution is 2.41. The molecule has 0 aliphatic carbocycles. The Balaban J connectivity index is 3.79. The van der Waals surface area contributed by atoms with Crippen LogP contribution in [0.3, 0.4) is 0 Å². The summed E-state index contributed by atoms with van der Waals surface area (Å²) in [4.78, 5) is 22.4. The number of rotatable bonds is 4. The lowest BCUT2D eigenvalue weighted by Gasteiger charge is -2.04. The van der Waals surface area contributed by atoms with Gasteiger partial charge in [-0.2, -0.15) is 0 Å². The van der Waals surface area contributed by atoms with Gasteiger partial charge in [-0.25, -0.2) is 9.36 Å². The summed E-state index contributed by atoms with van der Waals surface area (Å²) in [6, 6.07) is 0. The number of hydrogen-bond donors (Lipinski definition) is 1. The molecule has 7 heteroatoms. The topological polar surface area (TPSA) is 82.1 Å². The quantitative estimate of drug-likeness (QED) is 0.293. The van der Waals surface area contributed by atoms with E-state index in [1.807, 2.05) is 0 Å². The summed E-state index contributed by atoms with van der Waals surface area (Å²) in [7, 11) is -3.30. The molecule has 0 heterocycles. The van der Waals surface area contributed by atoms with Crippen molar-refractivity contribution in [1.29, 1.82) is 0 Å². The summed E-state index contributed by atoms with van der Waals surface area (Å²) in [5.74, 6) is -0.976. The zero-order chi connectivity index (χ0) is 8.91. The van der Waals surface area contributed by atoms with Gasteiger partial charge in [0.25, 0.3) is 0 Å². The Labute approximate surface area is 62.9 Å². The van der Waals surface area contributed by atoms with Gasteiger partial charge in [0.1, 0.15) is 0 Å². The maximum absolute atomic E-state index is 10.4. The third kappa shape index (κ3) is 4.69. The second-order valence-corrected chi connectivity index (χ2v) is 2.78. The first-order valence-electron chi connectivity index (χ1n) is 2.43. The molecule has 6 nitrogen and oxygen atoms in total. The highest BCUT2D eigenvalue weighted by atomic mass is 31.2. The molecule has 0 spiro atoms. The van der Waals surface area contributed by atoms with Crippen LogP contribution in [0.1, 0.15) is 0 Å². The maximum atomic E-state index is 10.4. The van der Waals surface area contributed by atoms with Gasteiger partial charge in [0.05, 0.1) is 0 Å². The number of phosphoric acid groups is 1. The van der Waals surface area contributed by atoms with Gasteiger partial charge in [0.2, 0.25) is 0 Å². The van der Waals surface area contributed by atoms with Crippen molar-refractivity contribution in [2.45, 2.75) is 0 Å². The van der Waals surface area contributed by atoms with Crippen LogP contribution in [0.25, 0.3) is 0 Å². The van der Waals surface area contributed by atoms with Gasteiger partial charge < -0.3 is 4.89 Å². The van der Waals surface area contributed by atoms with Gasteiger partial charge in [-0.15, -0.1) is 0 Å². The Morgan fingerprint density at radius 3 is 2.64 bits per heavy atom. The maximum Gasteiger partial charge on any atom is 0.508 e. The highest BCUT2D eigenvalue weighted by Gasteiger charge is 2.21. The summed E-state index contributed by atoms with van der Waals surface area (Å²) in [5, 5.41) is 0. The molecule has 0 fully saturated rings. The fraction of sp³-hybridized carbons (Fsp3) is 0.250. The van der Waals surface area contributed by atoms with Crippen molar-refractivity contribution in [2.75, 3.05) is 7.11 Å². The third-order valence-electron chi connectivity index (χ3n) is 0.611. The molecule has 0 aliphatic heterocycles. The molecule has 1 atom stereocenters. The van der Waals surface area contributed by atoms with Crippen molar-refractivity contribution in [2.24, 2.45) is 0 Å². The van der Waals surface area contributed by atoms with E-state index < -0.39 is 13.8 Å². The number of carbonyl (C=O) groups is 1. The van der Waals surface area contributed by atoms with E-state index >= 15 is 0 Å². The van der Waals surface area contributed by atoms with E-state index in [2.05, 4.69) is 20.7 Å². The second kappa shape index (κ2) is 4.25. The van der Waals surface area contributed by atoms with Crippen LogP contribution in [-0.4, -0.2) is 18.0 Å². The molecule has 0 aromatic carbocycles.